The number of nitriles is 1. The lowest BCUT2D eigenvalue weighted by Gasteiger charge is -2.18. The fraction of sp³-hybridized carbons (Fsp3) is 0.583. The normalized spacial score (nSPS) is 34.6. The molecule has 3 atom stereocenters. The molecule has 2 aliphatic rings. The molecule has 2 aliphatic carbocycles. The Balaban J connectivity index is 1.86. The lowest BCUT2D eigenvalue weighted by Crippen LogP contribution is -2.07. The number of fused-ring (bicyclic) bond motifs is 2. The second-order valence-corrected chi connectivity index (χ2v) is 4.60. The van der Waals surface area contributed by atoms with Gasteiger partial charge >= 0.3 is 0 Å². The van der Waals surface area contributed by atoms with Gasteiger partial charge in [0, 0.05) is 5.92 Å². The first-order chi connectivity index (χ1) is 6.86. The van der Waals surface area contributed by atoms with Crippen LogP contribution in [0, 0.1) is 23.2 Å². The first-order valence-electron chi connectivity index (χ1n) is 5.36. The van der Waals surface area contributed by atoms with E-state index in [0.29, 0.717) is 11.7 Å². The summed E-state index contributed by atoms with van der Waals surface area (Å²) >= 11 is 0. The molecule has 1 aromatic heterocycles. The average Bonchev–Trinajstić information content (AvgIpc) is 2.93. The second kappa shape index (κ2) is 2.88. The van der Waals surface area contributed by atoms with Crippen LogP contribution in [0.2, 0.25) is 0 Å². The van der Waals surface area contributed by atoms with Crippen LogP contribution in [0.4, 0.5) is 0 Å². The Morgan fingerprint density at radius 1 is 1.29 bits per heavy atom. The maximum absolute atomic E-state index is 8.68. The lowest BCUT2D eigenvalue weighted by atomic mass is 9.87. The zero-order valence-corrected chi connectivity index (χ0v) is 8.07. The van der Waals surface area contributed by atoms with E-state index < -0.39 is 0 Å². The fourth-order valence-corrected chi connectivity index (χ4v) is 3.21. The smallest absolute Gasteiger partial charge is 0.203 e. The molecular formula is C12H13NO. The van der Waals surface area contributed by atoms with Crippen LogP contribution in [0.3, 0.4) is 0 Å². The highest BCUT2D eigenvalue weighted by molar-refractivity contribution is 5.22. The van der Waals surface area contributed by atoms with Gasteiger partial charge in [-0.05, 0) is 43.2 Å². The van der Waals surface area contributed by atoms with E-state index in [0.717, 1.165) is 17.6 Å². The number of furan rings is 1. The van der Waals surface area contributed by atoms with E-state index in [2.05, 4.69) is 0 Å². The maximum Gasteiger partial charge on any atom is 0.203 e. The van der Waals surface area contributed by atoms with Gasteiger partial charge < -0.3 is 4.42 Å². The third-order valence-corrected chi connectivity index (χ3v) is 3.84. The minimum absolute atomic E-state index is 0.461. The van der Waals surface area contributed by atoms with Crippen LogP contribution in [0.1, 0.15) is 43.1 Å². The third-order valence-electron chi connectivity index (χ3n) is 3.84. The Morgan fingerprint density at radius 2 is 2.21 bits per heavy atom. The summed E-state index contributed by atoms with van der Waals surface area (Å²) in [6.07, 6.45) is 5.43. The van der Waals surface area contributed by atoms with Crippen molar-refractivity contribution in [1.82, 2.24) is 0 Å². The number of hydrogen-bond donors (Lipinski definition) is 0. The summed E-state index contributed by atoms with van der Waals surface area (Å²) in [6, 6.07) is 5.83. The molecule has 0 amide bonds. The molecule has 0 saturated heterocycles. The van der Waals surface area contributed by atoms with Crippen molar-refractivity contribution in [2.24, 2.45) is 11.8 Å². The Kier molecular flexibility index (Phi) is 1.67. The molecule has 1 aromatic rings. The predicted octanol–water partition coefficient (Wildman–Crippen LogP) is 3.05. The molecule has 0 aromatic carbocycles. The first kappa shape index (κ1) is 8.11. The van der Waals surface area contributed by atoms with Crippen molar-refractivity contribution in [2.75, 3.05) is 0 Å². The Labute approximate surface area is 83.5 Å². The molecular weight excluding hydrogens is 174 g/mol. The van der Waals surface area contributed by atoms with E-state index in [4.69, 9.17) is 9.68 Å². The summed E-state index contributed by atoms with van der Waals surface area (Å²) in [6.45, 7) is 0. The van der Waals surface area contributed by atoms with E-state index >= 15 is 0 Å². The van der Waals surface area contributed by atoms with E-state index in [1.54, 1.807) is 6.07 Å². The van der Waals surface area contributed by atoms with Crippen molar-refractivity contribution >= 4 is 0 Å². The van der Waals surface area contributed by atoms with Gasteiger partial charge in [0.05, 0.1) is 0 Å². The van der Waals surface area contributed by atoms with Gasteiger partial charge in [-0.2, -0.15) is 5.26 Å². The van der Waals surface area contributed by atoms with Crippen LogP contribution in [0.15, 0.2) is 16.5 Å². The molecule has 2 saturated carbocycles. The average molecular weight is 187 g/mol. The van der Waals surface area contributed by atoms with Crippen molar-refractivity contribution in [3.05, 3.63) is 23.7 Å². The largest absolute Gasteiger partial charge is 0.450 e. The summed E-state index contributed by atoms with van der Waals surface area (Å²) in [5.41, 5.74) is 0. The number of nitrogens with zero attached hydrogens (tertiary/aromatic N) is 1. The van der Waals surface area contributed by atoms with Gasteiger partial charge in [-0.3, -0.25) is 0 Å². The maximum atomic E-state index is 8.68. The highest BCUT2D eigenvalue weighted by atomic mass is 16.3. The van der Waals surface area contributed by atoms with Gasteiger partial charge in [-0.25, -0.2) is 0 Å². The van der Waals surface area contributed by atoms with Gasteiger partial charge in [0.25, 0.3) is 0 Å². The summed E-state index contributed by atoms with van der Waals surface area (Å²) in [5.74, 6) is 3.88. The molecule has 0 aliphatic heterocycles. The van der Waals surface area contributed by atoms with Gasteiger partial charge in [0.2, 0.25) is 5.76 Å². The van der Waals surface area contributed by atoms with Crippen molar-refractivity contribution in [3.8, 4) is 6.07 Å². The molecule has 2 heteroatoms. The van der Waals surface area contributed by atoms with Crippen LogP contribution >= 0.6 is 0 Å². The monoisotopic (exact) mass is 187 g/mol. The Hall–Kier alpha value is -1.23. The van der Waals surface area contributed by atoms with Crippen molar-refractivity contribution in [3.63, 3.8) is 0 Å². The molecule has 2 bridgehead atoms. The number of rotatable bonds is 1. The third kappa shape index (κ3) is 1.09. The molecule has 2 nitrogen and oxygen atoms in total. The Morgan fingerprint density at radius 3 is 2.79 bits per heavy atom. The van der Waals surface area contributed by atoms with Crippen molar-refractivity contribution < 1.29 is 4.42 Å². The quantitative estimate of drug-likeness (QED) is 0.677. The van der Waals surface area contributed by atoms with Gasteiger partial charge in [-0.15, -0.1) is 0 Å². The fourth-order valence-electron chi connectivity index (χ4n) is 3.21. The SMILES string of the molecule is N#Cc1ccc([C@@H]2C[C@H]3CC[C@@H]2C3)o1. The van der Waals surface area contributed by atoms with E-state index in [9.17, 15) is 0 Å². The summed E-state index contributed by atoms with van der Waals surface area (Å²) in [5, 5.41) is 8.68. The molecule has 0 spiro atoms. The highest BCUT2D eigenvalue weighted by Crippen LogP contribution is 2.52. The molecule has 0 radical (unpaired) electrons. The van der Waals surface area contributed by atoms with E-state index in [1.807, 2.05) is 12.1 Å². The highest BCUT2D eigenvalue weighted by Gasteiger charge is 2.41. The van der Waals surface area contributed by atoms with E-state index in [1.165, 1.54) is 25.7 Å². The van der Waals surface area contributed by atoms with Crippen LogP contribution in [0.25, 0.3) is 0 Å². The van der Waals surface area contributed by atoms with Crippen molar-refractivity contribution in [1.29, 1.82) is 5.26 Å². The number of hydrogen-bond acceptors (Lipinski definition) is 2. The summed E-state index contributed by atoms with van der Waals surface area (Å²) in [4.78, 5) is 0. The van der Waals surface area contributed by atoms with Crippen LogP contribution in [0.5, 0.6) is 0 Å². The standard InChI is InChI=1S/C12H13NO/c13-7-10-3-4-12(14-10)11-6-8-1-2-9(11)5-8/h3-4,8-9,11H,1-2,5-6H2/t8-,9+,11+/m0/s1. The van der Waals surface area contributed by atoms with Gasteiger partial charge in [0.15, 0.2) is 0 Å². The first-order valence-corrected chi connectivity index (χ1v) is 5.36. The van der Waals surface area contributed by atoms with Crippen molar-refractivity contribution in [2.45, 2.75) is 31.6 Å². The molecule has 2 fully saturated rings. The molecule has 3 rings (SSSR count). The molecule has 14 heavy (non-hydrogen) atoms. The molecule has 1 heterocycles. The Bertz CT molecular complexity index is 387. The molecule has 0 N–H and O–H groups in total. The topological polar surface area (TPSA) is 36.9 Å². The lowest BCUT2D eigenvalue weighted by molar-refractivity contribution is 0.354. The summed E-state index contributed by atoms with van der Waals surface area (Å²) in [7, 11) is 0. The minimum atomic E-state index is 0.461. The minimum Gasteiger partial charge on any atom is -0.450 e. The van der Waals surface area contributed by atoms with Crippen LogP contribution in [-0.2, 0) is 0 Å². The predicted molar refractivity (Wildman–Crippen MR) is 51.6 cm³/mol. The molecule has 0 unspecified atom stereocenters. The second-order valence-electron chi connectivity index (χ2n) is 4.60. The van der Waals surface area contributed by atoms with Gasteiger partial charge in [-0.1, -0.05) is 6.42 Å². The van der Waals surface area contributed by atoms with Gasteiger partial charge in [0.1, 0.15) is 11.8 Å². The van der Waals surface area contributed by atoms with Crippen LogP contribution < -0.4 is 0 Å². The van der Waals surface area contributed by atoms with E-state index in [-0.39, 0.29) is 0 Å². The summed E-state index contributed by atoms with van der Waals surface area (Å²) < 4.78 is 5.51. The van der Waals surface area contributed by atoms with Crippen LogP contribution in [-0.4, -0.2) is 0 Å². The molecule has 72 valence electrons. The zero-order valence-electron chi connectivity index (χ0n) is 8.07. The zero-order chi connectivity index (χ0) is 9.54.